The van der Waals surface area contributed by atoms with E-state index < -0.39 is 0 Å². The molecule has 1 rings (SSSR count). The quantitative estimate of drug-likeness (QED) is 0.754. The Kier molecular flexibility index (Phi) is 4.46. The molecule has 0 radical (unpaired) electrons. The van der Waals surface area contributed by atoms with Gasteiger partial charge in [0.1, 0.15) is 0 Å². The van der Waals surface area contributed by atoms with Gasteiger partial charge in [-0.3, -0.25) is 9.69 Å². The van der Waals surface area contributed by atoms with E-state index in [1.807, 2.05) is 24.9 Å². The Morgan fingerprint density at radius 1 is 1.44 bits per heavy atom. The van der Waals surface area contributed by atoms with Gasteiger partial charge in [0.2, 0.25) is 5.91 Å². The first-order valence-electron chi connectivity index (χ1n) is 5.28. The second kappa shape index (κ2) is 5.63. The first kappa shape index (κ1) is 12.7. The molecule has 88 valence electrons. The highest BCUT2D eigenvalue weighted by Gasteiger charge is 2.06. The van der Waals surface area contributed by atoms with Crippen molar-refractivity contribution >= 4 is 5.91 Å². The number of hydrogen-bond donors (Lipinski definition) is 2. The maximum absolute atomic E-state index is 10.7. The normalized spacial score (nSPS) is 10.8. The van der Waals surface area contributed by atoms with Crippen LogP contribution in [0.4, 0.5) is 0 Å². The highest BCUT2D eigenvalue weighted by molar-refractivity contribution is 5.75. The fourth-order valence-electron chi connectivity index (χ4n) is 1.68. The Labute approximate surface area is 96.2 Å². The summed E-state index contributed by atoms with van der Waals surface area (Å²) in [5.41, 5.74) is 14.2. The molecule has 0 unspecified atom stereocenters. The van der Waals surface area contributed by atoms with Crippen molar-refractivity contribution in [3.8, 4) is 0 Å². The molecule has 0 saturated heterocycles. The molecule has 1 aromatic rings. The van der Waals surface area contributed by atoms with Gasteiger partial charge in [0.25, 0.3) is 0 Å². The largest absolute Gasteiger partial charge is 0.369 e. The van der Waals surface area contributed by atoms with Gasteiger partial charge in [0.05, 0.1) is 6.54 Å². The summed E-state index contributed by atoms with van der Waals surface area (Å²) in [4.78, 5) is 12.6. The number of rotatable bonds is 5. The maximum Gasteiger partial charge on any atom is 0.231 e. The number of hydrogen-bond acceptors (Lipinski definition) is 3. The van der Waals surface area contributed by atoms with Crippen molar-refractivity contribution in [3.63, 3.8) is 0 Å². The van der Waals surface area contributed by atoms with Crippen molar-refractivity contribution < 1.29 is 4.79 Å². The van der Waals surface area contributed by atoms with E-state index in [2.05, 4.69) is 12.1 Å². The topological polar surface area (TPSA) is 72.3 Å². The van der Waals surface area contributed by atoms with Gasteiger partial charge in [0.15, 0.2) is 0 Å². The Bertz CT molecular complexity index is 377. The Morgan fingerprint density at radius 3 is 2.62 bits per heavy atom. The molecular formula is C12H19N3O. The summed E-state index contributed by atoms with van der Waals surface area (Å²) < 4.78 is 0. The zero-order valence-electron chi connectivity index (χ0n) is 9.86. The van der Waals surface area contributed by atoms with E-state index in [-0.39, 0.29) is 12.5 Å². The predicted molar refractivity (Wildman–Crippen MR) is 64.6 cm³/mol. The van der Waals surface area contributed by atoms with E-state index in [0.29, 0.717) is 6.54 Å². The second-order valence-corrected chi connectivity index (χ2v) is 4.10. The number of primary amides is 1. The average molecular weight is 221 g/mol. The summed E-state index contributed by atoms with van der Waals surface area (Å²) in [6, 6.07) is 6.14. The van der Waals surface area contributed by atoms with Crippen molar-refractivity contribution in [1.29, 1.82) is 0 Å². The molecule has 4 heteroatoms. The zero-order chi connectivity index (χ0) is 12.1. The van der Waals surface area contributed by atoms with Crippen molar-refractivity contribution in [1.82, 2.24) is 4.90 Å². The molecule has 0 fully saturated rings. The molecule has 16 heavy (non-hydrogen) atoms. The molecule has 0 atom stereocenters. The first-order valence-corrected chi connectivity index (χ1v) is 5.28. The number of nitrogens with zero attached hydrogens (tertiary/aromatic N) is 1. The van der Waals surface area contributed by atoms with Crippen LogP contribution in [0.2, 0.25) is 0 Å². The molecule has 0 aliphatic carbocycles. The molecule has 4 N–H and O–H groups in total. The number of aryl methyl sites for hydroxylation is 1. The van der Waals surface area contributed by atoms with Gasteiger partial charge in [-0.15, -0.1) is 0 Å². The SMILES string of the molecule is Cc1cc(CN)ccc1CN(C)CC(N)=O. The number of amides is 1. The summed E-state index contributed by atoms with van der Waals surface area (Å²) in [7, 11) is 1.88. The van der Waals surface area contributed by atoms with Gasteiger partial charge >= 0.3 is 0 Å². The van der Waals surface area contributed by atoms with Crippen LogP contribution in [0.25, 0.3) is 0 Å². The lowest BCUT2D eigenvalue weighted by molar-refractivity contribution is -0.118. The Hall–Kier alpha value is -1.39. The van der Waals surface area contributed by atoms with Crippen molar-refractivity contribution in [2.24, 2.45) is 11.5 Å². The predicted octanol–water partition coefficient (Wildman–Crippen LogP) is 0.371. The molecule has 0 aromatic heterocycles. The number of carbonyl (C=O) groups excluding carboxylic acids is 1. The molecule has 1 amide bonds. The van der Waals surface area contributed by atoms with Crippen LogP contribution in [-0.4, -0.2) is 24.4 Å². The number of likely N-dealkylation sites (N-methyl/N-ethyl adjacent to an activating group) is 1. The van der Waals surface area contributed by atoms with Crippen molar-refractivity contribution in [2.45, 2.75) is 20.0 Å². The minimum absolute atomic E-state index is 0.276. The van der Waals surface area contributed by atoms with Gasteiger partial charge in [-0.25, -0.2) is 0 Å². The molecule has 0 aliphatic heterocycles. The fraction of sp³-hybridized carbons (Fsp3) is 0.417. The lowest BCUT2D eigenvalue weighted by Gasteiger charge is -2.16. The summed E-state index contributed by atoms with van der Waals surface area (Å²) in [5.74, 6) is -0.307. The van der Waals surface area contributed by atoms with Crippen molar-refractivity contribution in [3.05, 3.63) is 34.9 Å². The van der Waals surface area contributed by atoms with E-state index in [4.69, 9.17) is 11.5 Å². The first-order chi connectivity index (χ1) is 7.52. The fourth-order valence-corrected chi connectivity index (χ4v) is 1.68. The van der Waals surface area contributed by atoms with Crippen LogP contribution in [0.3, 0.4) is 0 Å². The third-order valence-corrected chi connectivity index (χ3v) is 2.51. The van der Waals surface area contributed by atoms with E-state index in [1.165, 1.54) is 11.1 Å². The van der Waals surface area contributed by atoms with E-state index >= 15 is 0 Å². The van der Waals surface area contributed by atoms with Crippen LogP contribution >= 0.6 is 0 Å². The third-order valence-electron chi connectivity index (χ3n) is 2.51. The highest BCUT2D eigenvalue weighted by atomic mass is 16.1. The van der Waals surface area contributed by atoms with Gasteiger partial charge in [-0.2, -0.15) is 0 Å². The molecule has 0 saturated carbocycles. The molecule has 0 heterocycles. The Morgan fingerprint density at radius 2 is 2.12 bits per heavy atom. The standard InChI is InChI=1S/C12H19N3O/c1-9-5-10(6-13)3-4-11(9)7-15(2)8-12(14)16/h3-5H,6-8,13H2,1-2H3,(H2,14,16). The number of benzene rings is 1. The Balaban J connectivity index is 2.70. The summed E-state index contributed by atoms with van der Waals surface area (Å²) in [5, 5.41) is 0. The van der Waals surface area contributed by atoms with Gasteiger partial charge in [-0.1, -0.05) is 18.2 Å². The summed E-state index contributed by atoms with van der Waals surface area (Å²) >= 11 is 0. The molecule has 4 nitrogen and oxygen atoms in total. The molecule has 0 aliphatic rings. The summed E-state index contributed by atoms with van der Waals surface area (Å²) in [6.07, 6.45) is 0. The number of carbonyl (C=O) groups is 1. The van der Waals surface area contributed by atoms with E-state index in [9.17, 15) is 4.79 Å². The van der Waals surface area contributed by atoms with Gasteiger partial charge < -0.3 is 11.5 Å². The van der Waals surface area contributed by atoms with Crippen molar-refractivity contribution in [2.75, 3.05) is 13.6 Å². The summed E-state index contributed by atoms with van der Waals surface area (Å²) in [6.45, 7) is 3.60. The lowest BCUT2D eigenvalue weighted by atomic mass is 10.0. The van der Waals surface area contributed by atoms with E-state index in [1.54, 1.807) is 0 Å². The second-order valence-electron chi connectivity index (χ2n) is 4.10. The van der Waals surface area contributed by atoms with Crippen LogP contribution in [0.1, 0.15) is 16.7 Å². The average Bonchev–Trinajstić information content (AvgIpc) is 2.19. The van der Waals surface area contributed by atoms with Crippen LogP contribution < -0.4 is 11.5 Å². The molecule has 0 spiro atoms. The minimum Gasteiger partial charge on any atom is -0.369 e. The zero-order valence-corrected chi connectivity index (χ0v) is 9.86. The van der Waals surface area contributed by atoms with Gasteiger partial charge in [-0.05, 0) is 30.7 Å². The maximum atomic E-state index is 10.7. The molecule has 0 bridgehead atoms. The van der Waals surface area contributed by atoms with E-state index in [0.717, 1.165) is 12.1 Å². The molecule has 1 aromatic carbocycles. The van der Waals surface area contributed by atoms with Crippen LogP contribution in [-0.2, 0) is 17.9 Å². The van der Waals surface area contributed by atoms with Crippen LogP contribution in [0, 0.1) is 6.92 Å². The number of nitrogens with two attached hydrogens (primary N) is 2. The lowest BCUT2D eigenvalue weighted by Crippen LogP contribution is -2.30. The van der Waals surface area contributed by atoms with Crippen LogP contribution in [0.15, 0.2) is 18.2 Å². The smallest absolute Gasteiger partial charge is 0.231 e. The monoisotopic (exact) mass is 221 g/mol. The highest BCUT2D eigenvalue weighted by Crippen LogP contribution is 2.12. The third kappa shape index (κ3) is 3.64. The minimum atomic E-state index is -0.307. The van der Waals surface area contributed by atoms with Gasteiger partial charge in [0, 0.05) is 13.1 Å². The molecular weight excluding hydrogens is 202 g/mol. The van der Waals surface area contributed by atoms with Crippen LogP contribution in [0.5, 0.6) is 0 Å².